The molecule has 10 nitrogen and oxygen atoms in total. The standard InChI is InChI=1S/C30H27F3N8O2/c1-17-8-9-20(39-29(42)23-14-19(10-12-34-23)30(31,32)33)15-22(17)40-27-21(6-5-11-35-27)25-26-28(38-18(2)37-25)41(16-36-26)24-7-3-4-13-43-24/h5-6,8-12,14-16,24H,3-4,7,13H2,1-2H3,(H,35,40)(H,39,42). The normalized spacial score (nSPS) is 15.4. The number of aromatic nitrogens is 6. The van der Waals surface area contributed by atoms with Crippen molar-refractivity contribution in [3.8, 4) is 11.3 Å². The van der Waals surface area contributed by atoms with E-state index in [-0.39, 0.29) is 11.9 Å². The van der Waals surface area contributed by atoms with E-state index in [0.717, 1.165) is 43.2 Å². The summed E-state index contributed by atoms with van der Waals surface area (Å²) in [6.45, 7) is 4.39. The van der Waals surface area contributed by atoms with Crippen molar-refractivity contribution >= 4 is 34.3 Å². The minimum Gasteiger partial charge on any atom is -0.358 e. The van der Waals surface area contributed by atoms with Gasteiger partial charge in [-0.25, -0.2) is 19.9 Å². The van der Waals surface area contributed by atoms with E-state index in [1.807, 2.05) is 24.5 Å². The van der Waals surface area contributed by atoms with Crippen LogP contribution in [0.5, 0.6) is 0 Å². The number of pyridine rings is 2. The van der Waals surface area contributed by atoms with Crippen LogP contribution in [0.25, 0.3) is 22.4 Å². The van der Waals surface area contributed by atoms with Gasteiger partial charge in [-0.2, -0.15) is 13.2 Å². The monoisotopic (exact) mass is 588 g/mol. The molecule has 1 amide bonds. The number of fused-ring (bicyclic) bond motifs is 1. The molecule has 2 N–H and O–H groups in total. The average Bonchev–Trinajstić information content (AvgIpc) is 3.42. The van der Waals surface area contributed by atoms with Crippen molar-refractivity contribution < 1.29 is 22.7 Å². The van der Waals surface area contributed by atoms with Gasteiger partial charge >= 0.3 is 6.18 Å². The van der Waals surface area contributed by atoms with E-state index in [1.54, 1.807) is 36.8 Å². The van der Waals surface area contributed by atoms with Crippen molar-refractivity contribution in [2.45, 2.75) is 45.5 Å². The van der Waals surface area contributed by atoms with Gasteiger partial charge in [0, 0.05) is 35.9 Å². The van der Waals surface area contributed by atoms with Crippen LogP contribution in [-0.2, 0) is 10.9 Å². The number of ether oxygens (including phenoxy) is 1. The van der Waals surface area contributed by atoms with Gasteiger partial charge in [0.25, 0.3) is 5.91 Å². The van der Waals surface area contributed by atoms with Gasteiger partial charge in [0.15, 0.2) is 5.65 Å². The SMILES string of the molecule is Cc1nc(-c2cccnc2Nc2cc(NC(=O)c3cc(C(F)(F)F)ccn3)ccc2C)c2ncn(C3CCCCO3)c2n1. The maximum atomic E-state index is 13.1. The number of imidazole rings is 1. The third kappa shape index (κ3) is 5.89. The lowest BCUT2D eigenvalue weighted by atomic mass is 10.1. The first-order chi connectivity index (χ1) is 20.7. The molecule has 0 aliphatic carbocycles. The van der Waals surface area contributed by atoms with E-state index in [0.29, 0.717) is 52.0 Å². The van der Waals surface area contributed by atoms with Gasteiger partial charge in [-0.1, -0.05) is 6.07 Å². The Morgan fingerprint density at radius 2 is 1.88 bits per heavy atom. The van der Waals surface area contributed by atoms with Gasteiger partial charge in [0.05, 0.1) is 11.9 Å². The summed E-state index contributed by atoms with van der Waals surface area (Å²) >= 11 is 0. The average molecular weight is 589 g/mol. The number of rotatable bonds is 6. The number of halogens is 3. The van der Waals surface area contributed by atoms with Gasteiger partial charge in [-0.05, 0) is 75.1 Å². The molecule has 1 unspecified atom stereocenters. The van der Waals surface area contributed by atoms with Crippen LogP contribution in [0.4, 0.5) is 30.4 Å². The Kier molecular flexibility index (Phi) is 7.48. The number of amides is 1. The summed E-state index contributed by atoms with van der Waals surface area (Å²) < 4.78 is 47.3. The predicted molar refractivity (Wildman–Crippen MR) is 154 cm³/mol. The Labute approximate surface area is 244 Å². The number of nitrogens with one attached hydrogen (secondary N) is 2. The summed E-state index contributed by atoms with van der Waals surface area (Å²) in [5, 5.41) is 5.96. The summed E-state index contributed by atoms with van der Waals surface area (Å²) in [7, 11) is 0. The molecule has 0 saturated carbocycles. The summed E-state index contributed by atoms with van der Waals surface area (Å²) in [4.78, 5) is 35.2. The molecule has 5 heterocycles. The van der Waals surface area contributed by atoms with Crippen molar-refractivity contribution in [1.29, 1.82) is 0 Å². The van der Waals surface area contributed by atoms with Gasteiger partial charge in [0.2, 0.25) is 0 Å². The van der Waals surface area contributed by atoms with Gasteiger partial charge in [-0.3, -0.25) is 14.3 Å². The van der Waals surface area contributed by atoms with E-state index >= 15 is 0 Å². The van der Waals surface area contributed by atoms with Crippen LogP contribution in [0.1, 0.15) is 52.9 Å². The van der Waals surface area contributed by atoms with Gasteiger partial charge in [0.1, 0.15) is 34.8 Å². The molecule has 1 saturated heterocycles. The molecule has 1 aliphatic rings. The number of benzene rings is 1. The van der Waals surface area contributed by atoms with E-state index in [2.05, 4.69) is 30.6 Å². The predicted octanol–water partition coefficient (Wildman–Crippen LogP) is 6.61. The third-order valence-electron chi connectivity index (χ3n) is 7.13. The van der Waals surface area contributed by atoms with Crippen LogP contribution >= 0.6 is 0 Å². The highest BCUT2D eigenvalue weighted by molar-refractivity contribution is 6.03. The molecule has 0 radical (unpaired) electrons. The highest BCUT2D eigenvalue weighted by atomic mass is 19.4. The lowest BCUT2D eigenvalue weighted by Crippen LogP contribution is -2.17. The first-order valence-electron chi connectivity index (χ1n) is 13.7. The largest absolute Gasteiger partial charge is 0.416 e. The number of carbonyl (C=O) groups is 1. The maximum Gasteiger partial charge on any atom is 0.416 e. The smallest absolute Gasteiger partial charge is 0.358 e. The van der Waals surface area contributed by atoms with Gasteiger partial charge in [-0.15, -0.1) is 0 Å². The number of carbonyl (C=O) groups excluding carboxylic acids is 1. The number of nitrogens with zero attached hydrogens (tertiary/aromatic N) is 6. The molecule has 4 aromatic heterocycles. The zero-order valence-corrected chi connectivity index (χ0v) is 23.3. The molecule has 13 heteroatoms. The molecule has 6 rings (SSSR count). The van der Waals surface area contributed by atoms with E-state index in [9.17, 15) is 18.0 Å². The minimum atomic E-state index is -4.59. The van der Waals surface area contributed by atoms with Crippen LogP contribution in [0.3, 0.4) is 0 Å². The van der Waals surface area contributed by atoms with Crippen LogP contribution in [-0.4, -0.2) is 42.0 Å². The quantitative estimate of drug-likeness (QED) is 0.227. The van der Waals surface area contributed by atoms with Crippen LogP contribution < -0.4 is 10.6 Å². The number of alkyl halides is 3. The number of aryl methyl sites for hydroxylation is 2. The van der Waals surface area contributed by atoms with Crippen molar-refractivity contribution in [1.82, 2.24) is 29.5 Å². The summed E-state index contributed by atoms with van der Waals surface area (Å²) in [6.07, 6.45) is 2.57. The Morgan fingerprint density at radius 1 is 1.02 bits per heavy atom. The number of anilines is 3. The minimum absolute atomic E-state index is 0.140. The zero-order valence-electron chi connectivity index (χ0n) is 23.3. The topological polar surface area (TPSA) is 120 Å². The van der Waals surface area contributed by atoms with Crippen molar-refractivity contribution in [3.05, 3.63) is 83.8 Å². The van der Waals surface area contributed by atoms with E-state index < -0.39 is 17.6 Å². The van der Waals surface area contributed by atoms with Crippen molar-refractivity contribution in [2.75, 3.05) is 17.2 Å². The zero-order chi connectivity index (χ0) is 30.1. The summed E-state index contributed by atoms with van der Waals surface area (Å²) in [5.41, 5.74) is 3.11. The van der Waals surface area contributed by atoms with Gasteiger partial charge < -0.3 is 15.4 Å². The fourth-order valence-corrected chi connectivity index (χ4v) is 4.95. The molecule has 0 bridgehead atoms. The molecule has 5 aromatic rings. The van der Waals surface area contributed by atoms with Crippen molar-refractivity contribution in [2.24, 2.45) is 0 Å². The summed E-state index contributed by atoms with van der Waals surface area (Å²) in [5.74, 6) is 0.297. The molecular formula is C30H27F3N8O2. The highest BCUT2D eigenvalue weighted by Crippen LogP contribution is 2.35. The van der Waals surface area contributed by atoms with E-state index in [1.165, 1.54) is 0 Å². The Hall–Kier alpha value is -4.91. The molecule has 1 aromatic carbocycles. The second kappa shape index (κ2) is 11.4. The number of hydrogen-bond donors (Lipinski definition) is 2. The second-order valence-electron chi connectivity index (χ2n) is 10.2. The van der Waals surface area contributed by atoms with Crippen LogP contribution in [0.2, 0.25) is 0 Å². The molecular weight excluding hydrogens is 561 g/mol. The number of hydrogen-bond acceptors (Lipinski definition) is 8. The first-order valence-corrected chi connectivity index (χ1v) is 13.7. The maximum absolute atomic E-state index is 13.1. The Bertz CT molecular complexity index is 1820. The third-order valence-corrected chi connectivity index (χ3v) is 7.13. The fourth-order valence-electron chi connectivity index (χ4n) is 4.95. The van der Waals surface area contributed by atoms with Crippen molar-refractivity contribution in [3.63, 3.8) is 0 Å². The molecule has 220 valence electrons. The lowest BCUT2D eigenvalue weighted by molar-refractivity contribution is -0.137. The molecule has 0 spiro atoms. The van der Waals surface area contributed by atoms with E-state index in [4.69, 9.17) is 9.72 Å². The Morgan fingerprint density at radius 3 is 2.67 bits per heavy atom. The Balaban J connectivity index is 1.31. The summed E-state index contributed by atoms with van der Waals surface area (Å²) in [6, 6.07) is 10.3. The fraction of sp³-hybridized carbons (Fsp3) is 0.267. The molecule has 1 fully saturated rings. The van der Waals surface area contributed by atoms with Crippen LogP contribution in [0, 0.1) is 13.8 Å². The second-order valence-corrected chi connectivity index (χ2v) is 10.2. The lowest BCUT2D eigenvalue weighted by Gasteiger charge is -2.23. The highest BCUT2D eigenvalue weighted by Gasteiger charge is 2.31. The molecule has 43 heavy (non-hydrogen) atoms. The molecule has 1 atom stereocenters. The van der Waals surface area contributed by atoms with Crippen LogP contribution in [0.15, 0.2) is 61.2 Å². The molecule has 1 aliphatic heterocycles. The first kappa shape index (κ1) is 28.2.